The van der Waals surface area contributed by atoms with Crippen molar-refractivity contribution < 1.29 is 38.1 Å². The average Bonchev–Trinajstić information content (AvgIpc) is 2.79. The minimum atomic E-state index is -4.72. The molecule has 0 spiro atoms. The maximum absolute atomic E-state index is 13.1. The summed E-state index contributed by atoms with van der Waals surface area (Å²) in [5, 5.41) is 2.75. The molecule has 0 radical (unpaired) electrons. The number of carbonyl (C=O) groups excluding carboxylic acids is 2. The molecule has 10 heteroatoms. The van der Waals surface area contributed by atoms with Gasteiger partial charge in [0.05, 0.1) is 25.9 Å². The van der Waals surface area contributed by atoms with E-state index in [1.54, 1.807) is 24.3 Å². The Kier molecular flexibility index (Phi) is 6.09. The van der Waals surface area contributed by atoms with Gasteiger partial charge in [-0.15, -0.1) is 0 Å². The molecule has 0 atom stereocenters. The van der Waals surface area contributed by atoms with E-state index in [0.717, 1.165) is 13.3 Å². The lowest BCUT2D eigenvalue weighted by molar-refractivity contribution is -0.141. The number of hydrogen-bond donors (Lipinski definition) is 1. The molecule has 1 amide bonds. The Morgan fingerprint density at radius 3 is 2.26 bits per heavy atom. The van der Waals surface area contributed by atoms with E-state index in [2.05, 4.69) is 15.0 Å². The molecule has 178 valence electrons. The molecule has 1 fully saturated rings. The first kappa shape index (κ1) is 23.4. The van der Waals surface area contributed by atoms with Gasteiger partial charge in [-0.05, 0) is 41.5 Å². The lowest BCUT2D eigenvalue weighted by Gasteiger charge is -2.40. The lowest BCUT2D eigenvalue weighted by Crippen LogP contribution is -2.55. The molecule has 1 aliphatic rings. The maximum Gasteiger partial charge on any atom is 0.433 e. The van der Waals surface area contributed by atoms with Gasteiger partial charge in [0.15, 0.2) is 0 Å². The van der Waals surface area contributed by atoms with Gasteiger partial charge >= 0.3 is 12.1 Å². The largest absolute Gasteiger partial charge is 0.465 e. The number of esters is 1. The van der Waals surface area contributed by atoms with Crippen LogP contribution < -0.4 is 5.32 Å². The summed E-state index contributed by atoms with van der Waals surface area (Å²) in [6, 6.07) is 12.4. The molecule has 1 saturated heterocycles. The van der Waals surface area contributed by atoms with Crippen LogP contribution in [0.15, 0.2) is 60.8 Å². The van der Waals surface area contributed by atoms with Crippen molar-refractivity contribution in [2.24, 2.45) is 0 Å². The van der Waals surface area contributed by atoms with Crippen LogP contribution in [-0.2, 0) is 25.9 Å². The number of pyridine rings is 1. The van der Waals surface area contributed by atoms with Crippen molar-refractivity contribution in [1.29, 1.82) is 0 Å². The van der Waals surface area contributed by atoms with Crippen molar-refractivity contribution in [1.82, 2.24) is 4.98 Å². The molecule has 0 aliphatic carbocycles. The van der Waals surface area contributed by atoms with Crippen LogP contribution in [0.4, 0.5) is 23.2 Å². The van der Waals surface area contributed by atoms with Gasteiger partial charge in [-0.25, -0.2) is 9.18 Å². The van der Waals surface area contributed by atoms with Gasteiger partial charge in [-0.2, -0.15) is 13.2 Å². The summed E-state index contributed by atoms with van der Waals surface area (Å²) < 4.78 is 62.3. The summed E-state index contributed by atoms with van der Waals surface area (Å²) in [5.74, 6) is -1.71. The number of benzene rings is 2. The predicted octanol–water partition coefficient (Wildman–Crippen LogP) is 4.85. The molecule has 4 rings (SSSR count). The fourth-order valence-corrected chi connectivity index (χ4v) is 3.61. The molecule has 1 aromatic heterocycles. The van der Waals surface area contributed by atoms with Crippen LogP contribution in [0, 0.1) is 5.82 Å². The highest BCUT2D eigenvalue weighted by Gasteiger charge is 2.47. The van der Waals surface area contributed by atoms with Crippen LogP contribution in [0.2, 0.25) is 0 Å². The smallest absolute Gasteiger partial charge is 0.433 e. The van der Waals surface area contributed by atoms with Gasteiger partial charge in [0, 0.05) is 18.9 Å². The second-order valence-electron chi connectivity index (χ2n) is 7.72. The van der Waals surface area contributed by atoms with Crippen LogP contribution >= 0.6 is 0 Å². The lowest BCUT2D eigenvalue weighted by atomic mass is 9.77. The molecule has 1 N–H and O–H groups in total. The van der Waals surface area contributed by atoms with Gasteiger partial charge in [-0.1, -0.05) is 24.3 Å². The zero-order chi connectivity index (χ0) is 24.5. The number of hydrogen-bond acceptors (Lipinski definition) is 5. The molecular formula is C24H20F4N2O4. The Morgan fingerprint density at radius 2 is 1.74 bits per heavy atom. The van der Waals surface area contributed by atoms with Gasteiger partial charge in [0.1, 0.15) is 16.9 Å². The Morgan fingerprint density at radius 1 is 1.09 bits per heavy atom. The normalized spacial score (nSPS) is 14.7. The first-order chi connectivity index (χ1) is 16.1. The highest BCUT2D eigenvalue weighted by Crippen LogP contribution is 2.36. The third kappa shape index (κ3) is 4.36. The minimum absolute atomic E-state index is 0. The van der Waals surface area contributed by atoms with Gasteiger partial charge in [0.2, 0.25) is 5.91 Å². The van der Waals surface area contributed by atoms with Gasteiger partial charge in [0.25, 0.3) is 0 Å². The van der Waals surface area contributed by atoms with Crippen LogP contribution in [-0.4, -0.2) is 37.2 Å². The van der Waals surface area contributed by atoms with E-state index >= 15 is 0 Å². The summed E-state index contributed by atoms with van der Waals surface area (Å²) in [6.07, 6.45) is -3.76. The first-order valence-electron chi connectivity index (χ1n) is 10.1. The second-order valence-corrected chi connectivity index (χ2v) is 7.72. The van der Waals surface area contributed by atoms with E-state index in [1.807, 2.05) is 0 Å². The number of nitrogens with one attached hydrogen (secondary N) is 1. The molecule has 1 aliphatic heterocycles. The highest BCUT2D eigenvalue weighted by atomic mass is 19.4. The van der Waals surface area contributed by atoms with E-state index in [1.165, 1.54) is 24.3 Å². The van der Waals surface area contributed by atoms with Crippen molar-refractivity contribution in [3.05, 3.63) is 83.4 Å². The zero-order valence-electron chi connectivity index (χ0n) is 17.8. The van der Waals surface area contributed by atoms with Crippen molar-refractivity contribution in [2.45, 2.75) is 11.6 Å². The standard InChI is InChI=1S/C24H18F4N2O4.H2/c1-33-21(31)18-10-20(24(26,27)28)29-11-19(18)14-2-4-15(5-3-14)23(12-34-13-23)22(32)30-17-8-6-16(25)7-9-17;/h2-11H,12-13H2,1H3,(H,30,32);1H. The van der Waals surface area contributed by atoms with E-state index in [-0.39, 0.29) is 31.7 Å². The molecule has 2 aromatic carbocycles. The first-order valence-corrected chi connectivity index (χ1v) is 10.1. The third-order valence-corrected chi connectivity index (χ3v) is 5.58. The van der Waals surface area contributed by atoms with Crippen LogP contribution in [0.3, 0.4) is 0 Å². The SMILES string of the molecule is COC(=O)c1cc(C(F)(F)F)ncc1-c1ccc(C2(C(=O)Nc3ccc(F)cc3)COC2)cc1.[HH]. The molecule has 34 heavy (non-hydrogen) atoms. The van der Waals surface area contributed by atoms with E-state index in [4.69, 9.17) is 4.74 Å². The number of halogens is 4. The fourth-order valence-electron chi connectivity index (χ4n) is 3.61. The molecule has 2 heterocycles. The number of methoxy groups -OCH3 is 1. The molecule has 6 nitrogen and oxygen atoms in total. The number of carbonyl (C=O) groups is 2. The van der Waals surface area contributed by atoms with Crippen molar-refractivity contribution in [3.8, 4) is 11.1 Å². The molecule has 0 bridgehead atoms. The summed E-state index contributed by atoms with van der Waals surface area (Å²) in [7, 11) is 1.07. The van der Waals surface area contributed by atoms with Gasteiger partial charge in [-0.3, -0.25) is 9.78 Å². The predicted molar refractivity (Wildman–Crippen MR) is 116 cm³/mol. The van der Waals surface area contributed by atoms with Crippen LogP contribution in [0.1, 0.15) is 23.0 Å². The van der Waals surface area contributed by atoms with Crippen molar-refractivity contribution in [2.75, 3.05) is 25.6 Å². The van der Waals surface area contributed by atoms with Crippen LogP contribution in [0.25, 0.3) is 11.1 Å². The second kappa shape index (κ2) is 8.86. The monoisotopic (exact) mass is 476 g/mol. The number of aromatic nitrogens is 1. The quantitative estimate of drug-likeness (QED) is 0.421. The Bertz CT molecular complexity index is 1230. The number of nitrogens with zero attached hydrogens (tertiary/aromatic N) is 1. The van der Waals surface area contributed by atoms with Gasteiger partial charge < -0.3 is 14.8 Å². The zero-order valence-corrected chi connectivity index (χ0v) is 17.8. The number of alkyl halides is 3. The molecular weight excluding hydrogens is 456 g/mol. The minimum Gasteiger partial charge on any atom is -0.465 e. The third-order valence-electron chi connectivity index (χ3n) is 5.58. The Labute approximate surface area is 193 Å². The van der Waals surface area contributed by atoms with Crippen molar-refractivity contribution in [3.63, 3.8) is 0 Å². The number of anilines is 1. The van der Waals surface area contributed by atoms with E-state index in [0.29, 0.717) is 22.9 Å². The Balaban J connectivity index is 0.00000342. The van der Waals surface area contributed by atoms with E-state index in [9.17, 15) is 27.2 Å². The summed E-state index contributed by atoms with van der Waals surface area (Å²) in [4.78, 5) is 28.6. The summed E-state index contributed by atoms with van der Waals surface area (Å²) >= 11 is 0. The summed E-state index contributed by atoms with van der Waals surface area (Å²) in [6.45, 7) is 0.239. The maximum atomic E-state index is 13.1. The van der Waals surface area contributed by atoms with Crippen molar-refractivity contribution >= 4 is 17.6 Å². The Hall–Kier alpha value is -3.79. The summed E-state index contributed by atoms with van der Waals surface area (Å²) in [5.41, 5.74) is -0.879. The van der Waals surface area contributed by atoms with Crippen LogP contribution in [0.5, 0.6) is 0 Å². The molecule has 0 unspecified atom stereocenters. The number of ether oxygens (including phenoxy) is 2. The van der Waals surface area contributed by atoms with E-state index < -0.39 is 29.1 Å². The highest BCUT2D eigenvalue weighted by molar-refractivity contribution is 6.00. The number of rotatable bonds is 5. The average molecular weight is 476 g/mol. The molecule has 3 aromatic rings. The number of amides is 1. The fraction of sp³-hybridized carbons (Fsp3) is 0.208. The topological polar surface area (TPSA) is 77.5 Å². The molecule has 0 saturated carbocycles.